The SMILES string of the molecule is COc1ccc(/C=C\c2cc(OC)c(OC)c(OC)c2)cc1N.NC(=O)[C@@H](N)Cc1c[nH]cn1. The van der Waals surface area contributed by atoms with E-state index in [9.17, 15) is 4.79 Å². The Kier molecular flexibility index (Phi) is 9.78. The predicted molar refractivity (Wildman–Crippen MR) is 132 cm³/mol. The highest BCUT2D eigenvalue weighted by atomic mass is 16.5. The molecule has 10 nitrogen and oxygen atoms in total. The normalized spacial score (nSPS) is 11.3. The number of carbonyl (C=O) groups excluding carboxylic acids is 1. The summed E-state index contributed by atoms with van der Waals surface area (Å²) in [6.07, 6.45) is 7.51. The van der Waals surface area contributed by atoms with Crippen LogP contribution in [0.15, 0.2) is 42.9 Å². The van der Waals surface area contributed by atoms with E-state index >= 15 is 0 Å². The molecular weight excluding hydrogens is 438 g/mol. The number of nitrogens with two attached hydrogens (primary N) is 3. The molecule has 0 spiro atoms. The van der Waals surface area contributed by atoms with Gasteiger partial charge in [-0.15, -0.1) is 0 Å². The molecule has 0 saturated heterocycles. The first-order chi connectivity index (χ1) is 16.3. The van der Waals surface area contributed by atoms with Gasteiger partial charge in [0.1, 0.15) is 5.75 Å². The average molecular weight is 470 g/mol. The van der Waals surface area contributed by atoms with Crippen LogP contribution in [-0.2, 0) is 11.2 Å². The monoisotopic (exact) mass is 469 g/mol. The topological polar surface area (TPSA) is 161 Å². The van der Waals surface area contributed by atoms with Gasteiger partial charge in [-0.3, -0.25) is 4.79 Å². The van der Waals surface area contributed by atoms with Gasteiger partial charge in [0.15, 0.2) is 11.5 Å². The predicted octanol–water partition coefficient (Wildman–Crippen LogP) is 2.24. The third kappa shape index (κ3) is 7.17. The first-order valence-corrected chi connectivity index (χ1v) is 10.3. The Balaban J connectivity index is 0.000000310. The third-order valence-electron chi connectivity index (χ3n) is 4.76. The number of methoxy groups -OCH3 is 4. The lowest BCUT2D eigenvalue weighted by molar-refractivity contribution is -0.119. The minimum Gasteiger partial charge on any atom is -0.495 e. The van der Waals surface area contributed by atoms with Crippen LogP contribution in [0.3, 0.4) is 0 Å². The highest BCUT2D eigenvalue weighted by Crippen LogP contribution is 2.38. The van der Waals surface area contributed by atoms with Crippen molar-refractivity contribution in [1.82, 2.24) is 9.97 Å². The molecule has 1 aromatic heterocycles. The summed E-state index contributed by atoms with van der Waals surface area (Å²) in [4.78, 5) is 17.1. The van der Waals surface area contributed by atoms with Crippen molar-refractivity contribution in [3.63, 3.8) is 0 Å². The molecule has 1 heterocycles. The average Bonchev–Trinajstić information content (AvgIpc) is 3.35. The van der Waals surface area contributed by atoms with Crippen molar-refractivity contribution in [1.29, 1.82) is 0 Å². The van der Waals surface area contributed by atoms with E-state index in [-0.39, 0.29) is 0 Å². The zero-order chi connectivity index (χ0) is 25.1. The van der Waals surface area contributed by atoms with E-state index in [0.717, 1.165) is 16.8 Å². The Labute approximate surface area is 198 Å². The molecular formula is C24H31N5O5. The first-order valence-electron chi connectivity index (χ1n) is 10.3. The summed E-state index contributed by atoms with van der Waals surface area (Å²) in [6.45, 7) is 0. The molecule has 1 amide bonds. The minimum atomic E-state index is -0.640. The Morgan fingerprint density at radius 1 is 0.971 bits per heavy atom. The van der Waals surface area contributed by atoms with Crippen LogP contribution in [0, 0.1) is 0 Å². The molecule has 0 aliphatic rings. The summed E-state index contributed by atoms with van der Waals surface area (Å²) in [6, 6.07) is 8.75. The lowest BCUT2D eigenvalue weighted by atomic mass is 10.1. The van der Waals surface area contributed by atoms with Gasteiger partial charge in [0.05, 0.1) is 52.2 Å². The van der Waals surface area contributed by atoms with Crippen molar-refractivity contribution in [2.24, 2.45) is 11.5 Å². The number of ether oxygens (including phenoxy) is 4. The number of hydrogen-bond acceptors (Lipinski definition) is 8. The molecule has 34 heavy (non-hydrogen) atoms. The van der Waals surface area contributed by atoms with E-state index in [2.05, 4.69) is 9.97 Å². The van der Waals surface area contributed by atoms with Gasteiger partial charge in [-0.05, 0) is 35.4 Å². The van der Waals surface area contributed by atoms with Crippen molar-refractivity contribution < 1.29 is 23.7 Å². The lowest BCUT2D eigenvalue weighted by Crippen LogP contribution is -2.38. The lowest BCUT2D eigenvalue weighted by Gasteiger charge is -2.12. The maximum absolute atomic E-state index is 10.5. The van der Waals surface area contributed by atoms with Crippen LogP contribution in [0.5, 0.6) is 23.0 Å². The molecule has 0 fully saturated rings. The number of imidazole rings is 1. The van der Waals surface area contributed by atoms with Gasteiger partial charge >= 0.3 is 0 Å². The number of amides is 1. The largest absolute Gasteiger partial charge is 0.495 e. The molecule has 2 aromatic carbocycles. The van der Waals surface area contributed by atoms with E-state index in [1.165, 1.54) is 6.33 Å². The first kappa shape index (κ1) is 26.1. The number of aromatic amines is 1. The summed E-state index contributed by atoms with van der Waals surface area (Å²) >= 11 is 0. The molecule has 0 saturated carbocycles. The fraction of sp³-hybridized carbons (Fsp3) is 0.250. The summed E-state index contributed by atoms with van der Waals surface area (Å²) < 4.78 is 21.2. The molecule has 0 unspecified atom stereocenters. The number of rotatable bonds is 9. The highest BCUT2D eigenvalue weighted by molar-refractivity contribution is 5.79. The molecule has 0 aliphatic carbocycles. The Hall–Kier alpha value is -4.18. The summed E-state index contributed by atoms with van der Waals surface area (Å²) in [7, 11) is 6.36. The number of hydrogen-bond donors (Lipinski definition) is 4. The number of carbonyl (C=O) groups is 1. The van der Waals surface area contributed by atoms with E-state index in [1.807, 2.05) is 42.5 Å². The molecule has 1 atom stereocenters. The second-order valence-corrected chi connectivity index (χ2v) is 7.07. The van der Waals surface area contributed by atoms with Gasteiger partial charge < -0.3 is 41.1 Å². The van der Waals surface area contributed by atoms with Crippen LogP contribution >= 0.6 is 0 Å². The van der Waals surface area contributed by atoms with E-state index in [1.54, 1.807) is 34.6 Å². The van der Waals surface area contributed by atoms with Gasteiger partial charge in [-0.25, -0.2) is 4.98 Å². The number of H-pyrrole nitrogens is 1. The quantitative estimate of drug-likeness (QED) is 0.274. The van der Waals surface area contributed by atoms with E-state index < -0.39 is 11.9 Å². The fourth-order valence-corrected chi connectivity index (χ4v) is 2.97. The van der Waals surface area contributed by atoms with Crippen LogP contribution < -0.4 is 36.1 Å². The Morgan fingerprint density at radius 2 is 1.59 bits per heavy atom. The fourth-order valence-electron chi connectivity index (χ4n) is 2.97. The Bertz CT molecular complexity index is 1070. The molecule has 0 radical (unpaired) electrons. The smallest absolute Gasteiger partial charge is 0.234 e. The van der Waals surface area contributed by atoms with Gasteiger partial charge in [-0.2, -0.15) is 0 Å². The van der Waals surface area contributed by atoms with Crippen molar-refractivity contribution in [3.05, 3.63) is 59.7 Å². The molecule has 7 N–H and O–H groups in total. The molecule has 0 bridgehead atoms. The third-order valence-corrected chi connectivity index (χ3v) is 4.76. The van der Waals surface area contributed by atoms with Gasteiger partial charge in [0.25, 0.3) is 0 Å². The number of nitrogens with one attached hydrogen (secondary N) is 1. The molecule has 182 valence electrons. The number of benzene rings is 2. The molecule has 0 aliphatic heterocycles. The number of aromatic nitrogens is 2. The van der Waals surface area contributed by atoms with Gasteiger partial charge in [-0.1, -0.05) is 18.2 Å². The van der Waals surface area contributed by atoms with Crippen LogP contribution in [0.1, 0.15) is 16.8 Å². The zero-order valence-corrected chi connectivity index (χ0v) is 19.7. The number of anilines is 1. The molecule has 3 aromatic rings. The zero-order valence-electron chi connectivity index (χ0n) is 19.7. The minimum absolute atomic E-state index is 0.388. The van der Waals surface area contributed by atoms with Gasteiger partial charge in [0.2, 0.25) is 11.7 Å². The van der Waals surface area contributed by atoms with Crippen LogP contribution in [0.25, 0.3) is 12.2 Å². The summed E-state index contributed by atoms with van der Waals surface area (Å²) in [5, 5.41) is 0. The maximum atomic E-state index is 10.5. The highest BCUT2D eigenvalue weighted by Gasteiger charge is 2.12. The second-order valence-electron chi connectivity index (χ2n) is 7.07. The second kappa shape index (κ2) is 12.8. The molecule has 10 heteroatoms. The summed E-state index contributed by atoms with van der Waals surface area (Å²) in [5.74, 6) is 1.95. The van der Waals surface area contributed by atoms with Gasteiger partial charge in [0, 0.05) is 12.6 Å². The van der Waals surface area contributed by atoms with Crippen molar-refractivity contribution in [2.75, 3.05) is 34.2 Å². The van der Waals surface area contributed by atoms with E-state index in [4.69, 9.17) is 36.1 Å². The number of primary amides is 1. The number of nitrogen functional groups attached to an aromatic ring is 1. The summed E-state index contributed by atoms with van der Waals surface area (Å²) in [5.41, 5.74) is 19.5. The maximum Gasteiger partial charge on any atom is 0.234 e. The Morgan fingerprint density at radius 3 is 2.06 bits per heavy atom. The van der Waals surface area contributed by atoms with Crippen LogP contribution in [-0.4, -0.2) is 50.4 Å². The molecule has 3 rings (SSSR count). The van der Waals surface area contributed by atoms with Crippen molar-refractivity contribution in [3.8, 4) is 23.0 Å². The van der Waals surface area contributed by atoms with Crippen molar-refractivity contribution >= 4 is 23.7 Å². The van der Waals surface area contributed by atoms with Crippen LogP contribution in [0.2, 0.25) is 0 Å². The van der Waals surface area contributed by atoms with E-state index in [0.29, 0.717) is 35.1 Å². The van der Waals surface area contributed by atoms with Crippen molar-refractivity contribution in [2.45, 2.75) is 12.5 Å². The number of nitrogens with zero attached hydrogens (tertiary/aromatic N) is 1. The van der Waals surface area contributed by atoms with Crippen LogP contribution in [0.4, 0.5) is 5.69 Å². The standard InChI is InChI=1S/C18H21NO4.C6H10N4O/c1-20-15-8-7-12(9-14(15)19)5-6-13-10-16(21-2)18(23-4)17(11-13)22-3;7-5(6(8)11)1-4-2-9-3-10-4/h5-11H,19H2,1-4H3;2-3,5H,1,7H2,(H2,8,11)(H,9,10)/b6-5-;/t;5-/m.0/s1.